The second-order valence-electron chi connectivity index (χ2n) is 10.0. The second kappa shape index (κ2) is 13.1. The van der Waals surface area contributed by atoms with Gasteiger partial charge >= 0.3 is 0 Å². The van der Waals surface area contributed by atoms with E-state index in [9.17, 15) is 22.7 Å². The Balaban J connectivity index is 1.40. The fraction of sp³-hybridized carbons (Fsp3) is 0.419. The van der Waals surface area contributed by atoms with E-state index in [0.717, 1.165) is 6.07 Å². The van der Waals surface area contributed by atoms with Gasteiger partial charge in [0.05, 0.1) is 25.4 Å². The molecule has 0 radical (unpaired) electrons. The Labute approximate surface area is 229 Å². The number of aliphatic hydroxyl groups is 1. The third kappa shape index (κ3) is 6.15. The molecule has 216 valence electrons. The predicted molar refractivity (Wildman–Crippen MR) is 139 cm³/mol. The number of aliphatic hydroxyl groups excluding tert-OH is 1. The topological polar surface area (TPSA) is 38.7 Å². The molecule has 3 aromatic rings. The van der Waals surface area contributed by atoms with Gasteiger partial charge in [-0.15, -0.1) is 0 Å². The number of hydrogen-bond donors (Lipinski definition) is 1. The summed E-state index contributed by atoms with van der Waals surface area (Å²) < 4.78 is 98.8. The normalized spacial score (nSPS) is 18.1. The summed E-state index contributed by atoms with van der Waals surface area (Å²) in [6, 6.07) is 7.72. The highest BCUT2D eigenvalue weighted by Gasteiger charge is 2.28. The van der Waals surface area contributed by atoms with E-state index in [1.807, 2.05) is 6.92 Å². The first-order valence-corrected chi connectivity index (χ1v) is 13.5. The summed E-state index contributed by atoms with van der Waals surface area (Å²) in [5, 5.41) is 10.0. The lowest BCUT2D eigenvalue weighted by Crippen LogP contribution is -2.22. The molecule has 1 aliphatic carbocycles. The van der Waals surface area contributed by atoms with E-state index < -0.39 is 46.6 Å². The minimum Gasteiger partial charge on any atom is -0.491 e. The minimum atomic E-state index is -1.32. The van der Waals surface area contributed by atoms with Gasteiger partial charge in [-0.1, -0.05) is 37.6 Å². The lowest BCUT2D eigenvalue weighted by atomic mass is 9.82. The number of rotatable bonds is 10. The van der Waals surface area contributed by atoms with Gasteiger partial charge in [0.15, 0.2) is 34.8 Å². The van der Waals surface area contributed by atoms with E-state index in [1.165, 1.54) is 30.3 Å². The van der Waals surface area contributed by atoms with Crippen LogP contribution in [0, 0.1) is 34.9 Å². The van der Waals surface area contributed by atoms with Crippen molar-refractivity contribution < 1.29 is 40.9 Å². The monoisotopic (exact) mass is 566 g/mol. The van der Waals surface area contributed by atoms with Crippen molar-refractivity contribution in [1.29, 1.82) is 0 Å². The molecule has 0 heterocycles. The zero-order valence-corrected chi connectivity index (χ0v) is 22.4. The van der Waals surface area contributed by atoms with Crippen molar-refractivity contribution in [2.75, 3.05) is 6.61 Å². The van der Waals surface area contributed by atoms with E-state index in [1.54, 1.807) is 6.92 Å². The molecule has 4 rings (SSSR count). The van der Waals surface area contributed by atoms with Crippen molar-refractivity contribution in [3.8, 4) is 16.9 Å². The van der Waals surface area contributed by atoms with Crippen molar-refractivity contribution >= 4 is 0 Å². The van der Waals surface area contributed by atoms with Gasteiger partial charge in [0, 0.05) is 22.3 Å². The lowest BCUT2D eigenvalue weighted by Gasteiger charge is -2.29. The third-order valence-corrected chi connectivity index (χ3v) is 7.45. The van der Waals surface area contributed by atoms with Crippen LogP contribution in [0.4, 0.5) is 26.3 Å². The summed E-state index contributed by atoms with van der Waals surface area (Å²) in [6.07, 6.45) is 1.49. The SMILES string of the molecule is CCCC(O)c1ccc(COC2CCC(c3ccc(-c4ccc(OCC)c(F)c4F)c(F)c3F)CC2)c(F)c1F. The maximum Gasteiger partial charge on any atom is 0.201 e. The number of ether oxygens (including phenoxy) is 2. The zero-order valence-electron chi connectivity index (χ0n) is 22.4. The van der Waals surface area contributed by atoms with Crippen LogP contribution in [-0.4, -0.2) is 17.8 Å². The molecule has 1 atom stereocenters. The molecule has 0 bridgehead atoms. The summed E-state index contributed by atoms with van der Waals surface area (Å²) in [7, 11) is 0. The predicted octanol–water partition coefficient (Wildman–Crippen LogP) is 8.66. The molecule has 3 nitrogen and oxygen atoms in total. The summed E-state index contributed by atoms with van der Waals surface area (Å²) in [6.45, 7) is 3.40. The molecule has 1 saturated carbocycles. The standard InChI is InChI=1S/C31H32F6O3/c1-3-5-24(38)23-11-8-18(26(32)30(23)36)16-40-19-9-6-17(7-10-19)20-12-13-21(28(34)27(20)33)22-14-15-25(39-4-2)31(37)29(22)35/h8,11-15,17,19,24,38H,3-7,9-10,16H2,1-2H3. The molecule has 3 aromatic carbocycles. The highest BCUT2D eigenvalue weighted by molar-refractivity contribution is 5.66. The molecule has 1 aliphatic rings. The smallest absolute Gasteiger partial charge is 0.201 e. The molecule has 1 unspecified atom stereocenters. The first kappa shape index (κ1) is 29.9. The molecule has 0 aromatic heterocycles. The Kier molecular flexibility index (Phi) is 9.79. The van der Waals surface area contributed by atoms with Crippen molar-refractivity contribution in [3.05, 3.63) is 88.0 Å². The van der Waals surface area contributed by atoms with E-state index in [0.29, 0.717) is 38.5 Å². The molecule has 0 spiro atoms. The fourth-order valence-electron chi connectivity index (χ4n) is 5.24. The number of benzene rings is 3. The number of halogens is 6. The fourth-order valence-corrected chi connectivity index (χ4v) is 5.24. The average Bonchev–Trinajstić information content (AvgIpc) is 2.94. The van der Waals surface area contributed by atoms with Crippen molar-refractivity contribution in [2.24, 2.45) is 0 Å². The molecule has 0 amide bonds. The Morgan fingerprint density at radius 2 is 1.40 bits per heavy atom. The van der Waals surface area contributed by atoms with Crippen LogP contribution in [0.25, 0.3) is 11.1 Å². The van der Waals surface area contributed by atoms with Crippen LogP contribution in [0.5, 0.6) is 5.75 Å². The van der Waals surface area contributed by atoms with Crippen LogP contribution >= 0.6 is 0 Å². The van der Waals surface area contributed by atoms with E-state index >= 15 is 8.78 Å². The Morgan fingerprint density at radius 3 is 2.05 bits per heavy atom. The maximum atomic E-state index is 15.1. The summed E-state index contributed by atoms with van der Waals surface area (Å²) >= 11 is 0. The minimum absolute atomic E-state index is 0.0359. The van der Waals surface area contributed by atoms with Crippen molar-refractivity contribution in [1.82, 2.24) is 0 Å². The Bertz CT molecular complexity index is 1340. The van der Waals surface area contributed by atoms with Crippen LogP contribution in [-0.2, 0) is 11.3 Å². The van der Waals surface area contributed by atoms with Gasteiger partial charge in [0.2, 0.25) is 5.82 Å². The highest BCUT2D eigenvalue weighted by Crippen LogP contribution is 2.39. The molecular weight excluding hydrogens is 534 g/mol. The van der Waals surface area contributed by atoms with Gasteiger partial charge in [0.1, 0.15) is 0 Å². The quantitative estimate of drug-likeness (QED) is 0.250. The van der Waals surface area contributed by atoms with Gasteiger partial charge < -0.3 is 14.6 Å². The molecular formula is C31H32F6O3. The van der Waals surface area contributed by atoms with Crippen LogP contribution in [0.1, 0.15) is 81.1 Å². The Hall–Kier alpha value is -3.04. The average molecular weight is 567 g/mol. The van der Waals surface area contributed by atoms with Crippen LogP contribution in [0.2, 0.25) is 0 Å². The van der Waals surface area contributed by atoms with Crippen LogP contribution in [0.3, 0.4) is 0 Å². The van der Waals surface area contributed by atoms with Gasteiger partial charge in [-0.2, -0.15) is 4.39 Å². The van der Waals surface area contributed by atoms with Gasteiger partial charge in [-0.05, 0) is 62.6 Å². The first-order valence-electron chi connectivity index (χ1n) is 13.5. The zero-order chi connectivity index (χ0) is 29.0. The van der Waals surface area contributed by atoms with Gasteiger partial charge in [-0.3, -0.25) is 0 Å². The van der Waals surface area contributed by atoms with Crippen molar-refractivity contribution in [3.63, 3.8) is 0 Å². The molecule has 1 fully saturated rings. The summed E-state index contributed by atoms with van der Waals surface area (Å²) in [5.74, 6) is -7.73. The lowest BCUT2D eigenvalue weighted by molar-refractivity contribution is 0.0116. The Morgan fingerprint density at radius 1 is 0.750 bits per heavy atom. The van der Waals surface area contributed by atoms with Gasteiger partial charge in [-0.25, -0.2) is 22.0 Å². The molecule has 40 heavy (non-hydrogen) atoms. The van der Waals surface area contributed by atoms with E-state index in [-0.39, 0.29) is 53.2 Å². The maximum absolute atomic E-state index is 15.1. The molecule has 9 heteroatoms. The highest BCUT2D eigenvalue weighted by atomic mass is 19.2. The van der Waals surface area contributed by atoms with Crippen LogP contribution < -0.4 is 4.74 Å². The molecule has 0 saturated heterocycles. The second-order valence-corrected chi connectivity index (χ2v) is 10.0. The van der Waals surface area contributed by atoms with E-state index in [4.69, 9.17) is 9.47 Å². The van der Waals surface area contributed by atoms with Crippen LogP contribution in [0.15, 0.2) is 36.4 Å². The number of hydrogen-bond acceptors (Lipinski definition) is 3. The first-order chi connectivity index (χ1) is 19.2. The third-order valence-electron chi connectivity index (χ3n) is 7.45. The van der Waals surface area contributed by atoms with Gasteiger partial charge in [0.25, 0.3) is 0 Å². The van der Waals surface area contributed by atoms with Crippen molar-refractivity contribution in [2.45, 2.75) is 77.1 Å². The molecule has 1 N–H and O–H groups in total. The summed E-state index contributed by atoms with van der Waals surface area (Å²) in [5.41, 5.74) is -0.702. The molecule has 0 aliphatic heterocycles. The van der Waals surface area contributed by atoms with E-state index in [2.05, 4.69) is 0 Å². The largest absolute Gasteiger partial charge is 0.491 e. The summed E-state index contributed by atoms with van der Waals surface area (Å²) in [4.78, 5) is 0.